The maximum Gasteiger partial charge on any atom is 0.122 e. The Labute approximate surface area is 122 Å². The summed E-state index contributed by atoms with van der Waals surface area (Å²) in [5.74, 6) is 1.50. The van der Waals surface area contributed by atoms with E-state index >= 15 is 0 Å². The lowest BCUT2D eigenvalue weighted by atomic mass is 10.1. The van der Waals surface area contributed by atoms with Gasteiger partial charge in [0.15, 0.2) is 0 Å². The number of hydrogen-bond acceptors (Lipinski definition) is 4. The van der Waals surface area contributed by atoms with Crippen molar-refractivity contribution >= 4 is 11.3 Å². The lowest BCUT2D eigenvalue weighted by Gasteiger charge is -2.05. The summed E-state index contributed by atoms with van der Waals surface area (Å²) in [5, 5.41) is 10.0. The number of para-hydroxylation sites is 1. The van der Waals surface area contributed by atoms with Crippen LogP contribution in [0.15, 0.2) is 24.3 Å². The molecule has 0 spiro atoms. The zero-order valence-electron chi connectivity index (χ0n) is 11.4. The number of thiazole rings is 1. The topological polar surface area (TPSA) is 45.9 Å². The summed E-state index contributed by atoms with van der Waals surface area (Å²) in [4.78, 5) is 5.93. The third-order valence-corrected chi connectivity index (χ3v) is 4.58. The van der Waals surface area contributed by atoms with E-state index in [4.69, 9.17) is 15.0 Å². The van der Waals surface area contributed by atoms with Gasteiger partial charge in [-0.05, 0) is 18.9 Å². The lowest BCUT2D eigenvalue weighted by Crippen LogP contribution is -1.93. The van der Waals surface area contributed by atoms with E-state index in [0.29, 0.717) is 12.3 Å². The first kappa shape index (κ1) is 13.1. The Bertz CT molecular complexity index is 653. The summed E-state index contributed by atoms with van der Waals surface area (Å²) in [6, 6.07) is 10.3. The van der Waals surface area contributed by atoms with Crippen molar-refractivity contribution in [3.8, 4) is 11.8 Å². The number of methoxy groups -OCH3 is 1. The van der Waals surface area contributed by atoms with Crippen molar-refractivity contribution in [2.24, 2.45) is 0 Å². The molecule has 3 rings (SSSR count). The zero-order chi connectivity index (χ0) is 13.9. The van der Waals surface area contributed by atoms with Gasteiger partial charge in [0, 0.05) is 22.8 Å². The molecule has 1 aromatic carbocycles. The minimum atomic E-state index is 0.482. The average Bonchev–Trinajstić information content (AvgIpc) is 3.23. The second kappa shape index (κ2) is 5.64. The third-order valence-electron chi connectivity index (χ3n) is 3.51. The number of hydrogen-bond donors (Lipinski definition) is 0. The van der Waals surface area contributed by atoms with Crippen molar-refractivity contribution in [2.45, 2.75) is 31.6 Å². The smallest absolute Gasteiger partial charge is 0.122 e. The van der Waals surface area contributed by atoms with E-state index in [0.717, 1.165) is 27.6 Å². The Kier molecular flexibility index (Phi) is 3.70. The molecule has 0 N–H and O–H groups in total. The van der Waals surface area contributed by atoms with E-state index in [1.54, 1.807) is 18.4 Å². The van der Waals surface area contributed by atoms with E-state index in [9.17, 15) is 0 Å². The Morgan fingerprint density at radius 1 is 1.40 bits per heavy atom. The molecule has 3 nitrogen and oxygen atoms in total. The molecule has 1 aromatic heterocycles. The van der Waals surface area contributed by atoms with Gasteiger partial charge in [-0.1, -0.05) is 18.2 Å². The highest BCUT2D eigenvalue weighted by Crippen LogP contribution is 2.43. The molecule has 0 atom stereocenters. The molecule has 2 aromatic rings. The first-order valence-electron chi connectivity index (χ1n) is 6.79. The summed E-state index contributed by atoms with van der Waals surface area (Å²) < 4.78 is 5.39. The van der Waals surface area contributed by atoms with Crippen molar-refractivity contribution in [2.75, 3.05) is 7.11 Å². The van der Waals surface area contributed by atoms with E-state index in [2.05, 4.69) is 12.1 Å². The number of rotatable bonds is 5. The third kappa shape index (κ3) is 2.68. The summed E-state index contributed by atoms with van der Waals surface area (Å²) in [6.45, 7) is 0. The van der Waals surface area contributed by atoms with Crippen molar-refractivity contribution in [3.63, 3.8) is 0 Å². The van der Waals surface area contributed by atoms with Gasteiger partial charge >= 0.3 is 0 Å². The van der Waals surface area contributed by atoms with Crippen LogP contribution in [0.3, 0.4) is 0 Å². The molecule has 0 bridgehead atoms. The van der Waals surface area contributed by atoms with Crippen LogP contribution in [-0.2, 0) is 12.8 Å². The zero-order valence-corrected chi connectivity index (χ0v) is 12.2. The van der Waals surface area contributed by atoms with Gasteiger partial charge in [0.2, 0.25) is 0 Å². The van der Waals surface area contributed by atoms with Crippen LogP contribution in [0.1, 0.15) is 39.9 Å². The normalized spacial score (nSPS) is 14.0. The van der Waals surface area contributed by atoms with Crippen molar-refractivity contribution in [3.05, 3.63) is 45.4 Å². The first-order chi connectivity index (χ1) is 9.81. The number of nitriles is 1. The SMILES string of the molecule is COc1ccccc1Cc1nc(C2CC2)c(CC#N)s1. The molecule has 1 fully saturated rings. The fraction of sp³-hybridized carbons (Fsp3) is 0.375. The predicted octanol–water partition coefficient (Wildman–Crippen LogP) is 3.69. The van der Waals surface area contributed by atoms with Crippen molar-refractivity contribution in [1.82, 2.24) is 4.98 Å². The summed E-state index contributed by atoms with van der Waals surface area (Å²) >= 11 is 1.68. The molecule has 1 aliphatic carbocycles. The second-order valence-corrected chi connectivity index (χ2v) is 6.18. The lowest BCUT2D eigenvalue weighted by molar-refractivity contribution is 0.410. The van der Waals surface area contributed by atoms with Crippen LogP contribution in [0, 0.1) is 11.3 Å². The molecular formula is C16H16N2OS. The van der Waals surface area contributed by atoms with Crippen molar-refractivity contribution < 1.29 is 4.74 Å². The highest BCUT2D eigenvalue weighted by Gasteiger charge is 2.29. The maximum atomic E-state index is 8.94. The molecule has 102 valence electrons. The molecular weight excluding hydrogens is 268 g/mol. The van der Waals surface area contributed by atoms with Crippen LogP contribution in [-0.4, -0.2) is 12.1 Å². The van der Waals surface area contributed by atoms with Crippen molar-refractivity contribution in [1.29, 1.82) is 5.26 Å². The molecule has 0 aliphatic heterocycles. The largest absolute Gasteiger partial charge is 0.496 e. The Hall–Kier alpha value is -1.86. The van der Waals surface area contributed by atoms with Crippen LogP contribution in [0.4, 0.5) is 0 Å². The minimum absolute atomic E-state index is 0.482. The Balaban J connectivity index is 1.87. The number of benzene rings is 1. The highest BCUT2D eigenvalue weighted by molar-refractivity contribution is 7.11. The van der Waals surface area contributed by atoms with Gasteiger partial charge in [-0.2, -0.15) is 5.26 Å². The van der Waals surface area contributed by atoms with Crippen LogP contribution in [0.25, 0.3) is 0 Å². The van der Waals surface area contributed by atoms with E-state index < -0.39 is 0 Å². The molecule has 20 heavy (non-hydrogen) atoms. The van der Waals surface area contributed by atoms with Gasteiger partial charge in [0.25, 0.3) is 0 Å². The summed E-state index contributed by atoms with van der Waals surface area (Å²) in [6.07, 6.45) is 3.70. The molecule has 1 saturated carbocycles. The fourth-order valence-corrected chi connectivity index (χ4v) is 3.49. The molecule has 0 amide bonds. The van der Waals surface area contributed by atoms with E-state index in [1.165, 1.54) is 18.5 Å². The minimum Gasteiger partial charge on any atom is -0.496 e. The van der Waals surface area contributed by atoms with Gasteiger partial charge in [0.1, 0.15) is 5.75 Å². The first-order valence-corrected chi connectivity index (χ1v) is 7.60. The Morgan fingerprint density at radius 3 is 2.90 bits per heavy atom. The molecule has 4 heteroatoms. The van der Waals surface area contributed by atoms with Gasteiger partial charge in [-0.25, -0.2) is 4.98 Å². The molecule has 1 aliphatic rings. The molecule has 0 radical (unpaired) electrons. The van der Waals surface area contributed by atoms with Crippen LogP contribution < -0.4 is 4.74 Å². The Morgan fingerprint density at radius 2 is 2.20 bits per heavy atom. The van der Waals surface area contributed by atoms with Gasteiger partial charge in [-0.15, -0.1) is 11.3 Å². The van der Waals surface area contributed by atoms with E-state index in [-0.39, 0.29) is 0 Å². The molecule has 0 unspecified atom stereocenters. The number of nitrogens with zero attached hydrogens (tertiary/aromatic N) is 2. The van der Waals surface area contributed by atoms with E-state index in [1.807, 2.05) is 18.2 Å². The van der Waals surface area contributed by atoms with Gasteiger partial charge in [-0.3, -0.25) is 0 Å². The average molecular weight is 284 g/mol. The van der Waals surface area contributed by atoms with Crippen LogP contribution >= 0.6 is 11.3 Å². The van der Waals surface area contributed by atoms with Gasteiger partial charge < -0.3 is 4.74 Å². The standard InChI is InChI=1S/C16H16N2OS/c1-19-13-5-3-2-4-12(13)10-15-18-16(11-6-7-11)14(20-15)8-9-17/h2-5,11H,6-8,10H2,1H3. The molecule has 0 saturated heterocycles. The number of aromatic nitrogens is 1. The summed E-state index contributed by atoms with van der Waals surface area (Å²) in [7, 11) is 1.69. The maximum absolute atomic E-state index is 8.94. The molecule has 1 heterocycles. The van der Waals surface area contributed by atoms with Crippen LogP contribution in [0.2, 0.25) is 0 Å². The number of ether oxygens (including phenoxy) is 1. The summed E-state index contributed by atoms with van der Waals surface area (Å²) in [5.41, 5.74) is 2.32. The van der Waals surface area contributed by atoms with Crippen LogP contribution in [0.5, 0.6) is 5.75 Å². The highest BCUT2D eigenvalue weighted by atomic mass is 32.1. The second-order valence-electron chi connectivity index (χ2n) is 5.01. The monoisotopic (exact) mass is 284 g/mol. The predicted molar refractivity (Wildman–Crippen MR) is 79.2 cm³/mol. The van der Waals surface area contributed by atoms with Gasteiger partial charge in [0.05, 0.1) is 30.3 Å². The quantitative estimate of drug-likeness (QED) is 0.841. The fourth-order valence-electron chi connectivity index (χ4n) is 2.38.